The monoisotopic (exact) mass is 304 g/mol. The van der Waals surface area contributed by atoms with Crippen LogP contribution in [0.1, 0.15) is 47.9 Å². The van der Waals surface area contributed by atoms with Crippen LogP contribution in [0.5, 0.6) is 0 Å². The third-order valence-electron chi connectivity index (χ3n) is 3.54. The molecule has 0 saturated heterocycles. The Bertz CT molecular complexity index is 708. The van der Waals surface area contributed by atoms with Crippen molar-refractivity contribution in [2.45, 2.75) is 46.1 Å². The predicted octanol–water partition coefficient (Wildman–Crippen LogP) is 1.72. The van der Waals surface area contributed by atoms with Gasteiger partial charge < -0.3 is 10.4 Å². The Morgan fingerprint density at radius 1 is 1.41 bits per heavy atom. The molecular weight excluding hydrogens is 284 g/mol. The van der Waals surface area contributed by atoms with E-state index in [0.717, 1.165) is 18.5 Å². The maximum absolute atomic E-state index is 12.3. The summed E-state index contributed by atoms with van der Waals surface area (Å²) in [4.78, 5) is 27.8. The summed E-state index contributed by atoms with van der Waals surface area (Å²) in [6.07, 6.45) is 3.48. The van der Waals surface area contributed by atoms with Crippen LogP contribution in [-0.2, 0) is 4.79 Å². The minimum Gasteiger partial charge on any atom is -0.480 e. The van der Waals surface area contributed by atoms with Crippen molar-refractivity contribution in [3.63, 3.8) is 0 Å². The summed E-state index contributed by atoms with van der Waals surface area (Å²) in [7, 11) is 0. The van der Waals surface area contributed by atoms with Crippen molar-refractivity contribution < 1.29 is 14.7 Å². The van der Waals surface area contributed by atoms with Gasteiger partial charge in [-0.15, -0.1) is 0 Å². The molecule has 0 saturated carbocycles. The van der Waals surface area contributed by atoms with Crippen molar-refractivity contribution in [3.05, 3.63) is 29.2 Å². The van der Waals surface area contributed by atoms with Crippen LogP contribution in [0.3, 0.4) is 0 Å². The number of carboxylic acid groups (broad SMARTS) is 1. The molecule has 2 aromatic heterocycles. The summed E-state index contributed by atoms with van der Waals surface area (Å²) >= 11 is 0. The van der Waals surface area contributed by atoms with Crippen molar-refractivity contribution >= 4 is 17.5 Å². The normalized spacial score (nSPS) is 12.3. The molecule has 7 nitrogen and oxygen atoms in total. The van der Waals surface area contributed by atoms with Gasteiger partial charge in [-0.05, 0) is 20.3 Å². The molecule has 0 aliphatic heterocycles. The highest BCUT2D eigenvalue weighted by molar-refractivity contribution is 5.97. The van der Waals surface area contributed by atoms with Gasteiger partial charge in [0.25, 0.3) is 5.91 Å². The number of hydrogen-bond donors (Lipinski definition) is 2. The Morgan fingerprint density at radius 2 is 2.14 bits per heavy atom. The van der Waals surface area contributed by atoms with E-state index >= 15 is 0 Å². The fraction of sp³-hybridized carbons (Fsp3) is 0.467. The van der Waals surface area contributed by atoms with Crippen LogP contribution in [0.25, 0.3) is 5.65 Å². The lowest BCUT2D eigenvalue weighted by Crippen LogP contribution is -2.41. The molecule has 0 spiro atoms. The number of rotatable bonds is 6. The molecule has 2 N–H and O–H groups in total. The van der Waals surface area contributed by atoms with Crippen LogP contribution >= 0.6 is 0 Å². The van der Waals surface area contributed by atoms with Gasteiger partial charge in [-0.3, -0.25) is 4.79 Å². The molecule has 2 heterocycles. The lowest BCUT2D eigenvalue weighted by atomic mass is 10.1. The van der Waals surface area contributed by atoms with Crippen molar-refractivity contribution in [1.29, 1.82) is 0 Å². The zero-order valence-corrected chi connectivity index (χ0v) is 13.0. The first-order chi connectivity index (χ1) is 10.4. The summed E-state index contributed by atoms with van der Waals surface area (Å²) in [5.41, 5.74) is 2.43. The number of carbonyl (C=O) groups is 2. The van der Waals surface area contributed by atoms with E-state index in [0.29, 0.717) is 23.3 Å². The molecule has 0 aliphatic carbocycles. The standard InChI is InChI=1S/C15H20N4O3/c1-4-5-6-12(15(21)22)17-14(20)11-8-16-13-7-9(2)18-19(13)10(11)3/h7-8,12H,4-6H2,1-3H3,(H,17,20)(H,21,22)/t12-/m0/s1. The van der Waals surface area contributed by atoms with Gasteiger partial charge in [0.2, 0.25) is 0 Å². The second kappa shape index (κ2) is 6.55. The third kappa shape index (κ3) is 3.24. The molecule has 118 valence electrons. The minimum absolute atomic E-state index is 0.332. The highest BCUT2D eigenvalue weighted by atomic mass is 16.4. The number of aryl methyl sites for hydroxylation is 2. The van der Waals surface area contributed by atoms with Crippen LogP contribution in [0, 0.1) is 13.8 Å². The summed E-state index contributed by atoms with van der Waals surface area (Å²) in [5.74, 6) is -1.47. The fourth-order valence-electron chi connectivity index (χ4n) is 2.29. The molecule has 0 aliphatic rings. The Labute approximate surface area is 128 Å². The quantitative estimate of drug-likeness (QED) is 0.847. The van der Waals surface area contributed by atoms with Crippen LogP contribution < -0.4 is 5.32 Å². The molecule has 22 heavy (non-hydrogen) atoms. The second-order valence-corrected chi connectivity index (χ2v) is 5.32. The third-order valence-corrected chi connectivity index (χ3v) is 3.54. The van der Waals surface area contributed by atoms with Gasteiger partial charge >= 0.3 is 5.97 Å². The molecule has 0 fully saturated rings. The lowest BCUT2D eigenvalue weighted by Gasteiger charge is -2.15. The van der Waals surface area contributed by atoms with Gasteiger partial charge in [-0.1, -0.05) is 19.8 Å². The first-order valence-electron chi connectivity index (χ1n) is 7.29. The van der Waals surface area contributed by atoms with E-state index < -0.39 is 17.9 Å². The lowest BCUT2D eigenvalue weighted by molar-refractivity contribution is -0.139. The van der Waals surface area contributed by atoms with Crippen molar-refractivity contribution in [1.82, 2.24) is 19.9 Å². The molecule has 0 radical (unpaired) electrons. The van der Waals surface area contributed by atoms with Crippen LogP contribution in [-0.4, -0.2) is 37.6 Å². The zero-order valence-electron chi connectivity index (χ0n) is 13.0. The van der Waals surface area contributed by atoms with Crippen molar-refractivity contribution in [3.8, 4) is 0 Å². The number of aromatic nitrogens is 3. The number of aliphatic carboxylic acids is 1. The van der Waals surface area contributed by atoms with Crippen LogP contribution in [0.2, 0.25) is 0 Å². The zero-order chi connectivity index (χ0) is 16.3. The number of carbonyl (C=O) groups excluding carboxylic acids is 1. The topological polar surface area (TPSA) is 96.6 Å². The molecule has 2 rings (SSSR count). The van der Waals surface area contributed by atoms with Gasteiger partial charge in [0.15, 0.2) is 5.65 Å². The molecule has 2 aromatic rings. The Morgan fingerprint density at radius 3 is 2.77 bits per heavy atom. The van der Waals surface area contributed by atoms with E-state index in [-0.39, 0.29) is 0 Å². The summed E-state index contributed by atoms with van der Waals surface area (Å²) < 4.78 is 1.59. The van der Waals surface area contributed by atoms with E-state index in [1.165, 1.54) is 6.20 Å². The van der Waals surface area contributed by atoms with Gasteiger partial charge in [-0.2, -0.15) is 5.10 Å². The average molecular weight is 304 g/mol. The van der Waals surface area contributed by atoms with Gasteiger partial charge in [0.05, 0.1) is 17.0 Å². The maximum Gasteiger partial charge on any atom is 0.326 e. The summed E-state index contributed by atoms with van der Waals surface area (Å²) in [6.45, 7) is 5.58. The average Bonchev–Trinajstić information content (AvgIpc) is 2.84. The first-order valence-corrected chi connectivity index (χ1v) is 7.29. The van der Waals surface area contributed by atoms with Crippen LogP contribution in [0.4, 0.5) is 0 Å². The molecule has 1 amide bonds. The second-order valence-electron chi connectivity index (χ2n) is 5.32. The molecule has 0 bridgehead atoms. The fourth-order valence-corrected chi connectivity index (χ4v) is 2.29. The summed E-state index contributed by atoms with van der Waals surface area (Å²) in [6, 6.07) is 0.928. The number of amides is 1. The van der Waals surface area contributed by atoms with Gasteiger partial charge in [-0.25, -0.2) is 14.3 Å². The maximum atomic E-state index is 12.3. The Hall–Kier alpha value is -2.44. The largest absolute Gasteiger partial charge is 0.480 e. The van der Waals surface area contributed by atoms with Crippen molar-refractivity contribution in [2.75, 3.05) is 0 Å². The SMILES string of the molecule is CCCC[C@H](NC(=O)c1cnc2cc(C)nn2c1C)C(=O)O. The number of nitrogens with one attached hydrogen (secondary N) is 1. The summed E-state index contributed by atoms with van der Waals surface area (Å²) in [5, 5.41) is 16.0. The van der Waals surface area contributed by atoms with E-state index in [9.17, 15) is 14.7 Å². The van der Waals surface area contributed by atoms with E-state index in [4.69, 9.17) is 0 Å². The Balaban J connectivity index is 2.24. The van der Waals surface area contributed by atoms with E-state index in [1.807, 2.05) is 19.9 Å². The predicted molar refractivity (Wildman–Crippen MR) is 80.9 cm³/mol. The highest BCUT2D eigenvalue weighted by Gasteiger charge is 2.22. The molecule has 0 unspecified atom stereocenters. The van der Waals surface area contributed by atoms with Crippen LogP contribution in [0.15, 0.2) is 12.3 Å². The molecular formula is C15H20N4O3. The number of carboxylic acids is 1. The van der Waals surface area contributed by atoms with Gasteiger partial charge in [0.1, 0.15) is 6.04 Å². The molecule has 1 atom stereocenters. The number of fused-ring (bicyclic) bond motifs is 1. The highest BCUT2D eigenvalue weighted by Crippen LogP contribution is 2.12. The molecule has 7 heteroatoms. The van der Waals surface area contributed by atoms with E-state index in [1.54, 1.807) is 11.4 Å². The minimum atomic E-state index is -1.02. The first kappa shape index (κ1) is 15.9. The Kier molecular flexibility index (Phi) is 4.75. The number of hydrogen-bond acceptors (Lipinski definition) is 4. The van der Waals surface area contributed by atoms with Crippen molar-refractivity contribution in [2.24, 2.45) is 0 Å². The van der Waals surface area contributed by atoms with Gasteiger partial charge in [0, 0.05) is 12.3 Å². The number of unbranched alkanes of at least 4 members (excludes halogenated alkanes) is 1. The molecule has 0 aromatic carbocycles. The van der Waals surface area contributed by atoms with E-state index in [2.05, 4.69) is 15.4 Å². The smallest absolute Gasteiger partial charge is 0.326 e. The number of nitrogens with zero attached hydrogens (tertiary/aromatic N) is 3.